The van der Waals surface area contributed by atoms with Gasteiger partial charge in [0.25, 0.3) is 0 Å². The monoisotopic (exact) mass is 220 g/mol. The zero-order valence-electron chi connectivity index (χ0n) is 9.80. The fourth-order valence-corrected chi connectivity index (χ4v) is 2.34. The maximum Gasteiger partial charge on any atom is 0.0811 e. The second-order valence-electron chi connectivity index (χ2n) is 4.46. The molecule has 0 aromatic heterocycles. The number of nitrogens with zero attached hydrogens (tertiary/aromatic N) is 1. The summed E-state index contributed by atoms with van der Waals surface area (Å²) < 4.78 is 0. The van der Waals surface area contributed by atoms with Gasteiger partial charge in [0.1, 0.15) is 0 Å². The summed E-state index contributed by atoms with van der Waals surface area (Å²) in [6.07, 6.45) is 2.32. The van der Waals surface area contributed by atoms with Gasteiger partial charge >= 0.3 is 0 Å². The molecule has 88 valence electrons. The van der Waals surface area contributed by atoms with Crippen molar-refractivity contribution in [3.63, 3.8) is 0 Å². The first-order valence-corrected chi connectivity index (χ1v) is 5.96. The highest BCUT2D eigenvalue weighted by Gasteiger charge is 2.23. The predicted molar refractivity (Wildman–Crippen MR) is 64.7 cm³/mol. The van der Waals surface area contributed by atoms with Crippen molar-refractivity contribution in [2.24, 2.45) is 5.90 Å². The molecule has 2 N–H and O–H groups in total. The number of hydrogen-bond donors (Lipinski definition) is 1. The molecule has 0 spiro atoms. The van der Waals surface area contributed by atoms with Gasteiger partial charge in [0.2, 0.25) is 0 Å². The van der Waals surface area contributed by atoms with Gasteiger partial charge in [-0.2, -0.15) is 0 Å². The van der Waals surface area contributed by atoms with E-state index in [1.165, 1.54) is 5.56 Å². The number of piperidine rings is 1. The summed E-state index contributed by atoms with van der Waals surface area (Å²) >= 11 is 0. The fourth-order valence-electron chi connectivity index (χ4n) is 2.34. The third kappa shape index (κ3) is 2.61. The minimum Gasteiger partial charge on any atom is -0.301 e. The van der Waals surface area contributed by atoms with Crippen molar-refractivity contribution in [2.45, 2.75) is 31.9 Å². The van der Waals surface area contributed by atoms with E-state index < -0.39 is 0 Å². The minimum absolute atomic E-state index is 0.249. The Labute approximate surface area is 97.1 Å². The van der Waals surface area contributed by atoms with Gasteiger partial charge in [-0.3, -0.25) is 4.90 Å². The number of benzene rings is 1. The summed E-state index contributed by atoms with van der Waals surface area (Å²) in [5.74, 6) is 5.22. The molecular weight excluding hydrogens is 200 g/mol. The van der Waals surface area contributed by atoms with Crippen molar-refractivity contribution in [1.82, 2.24) is 4.90 Å². The normalized spacial score (nSPS) is 20.9. The minimum atomic E-state index is 0.249. The molecule has 0 amide bonds. The molecule has 0 saturated carbocycles. The van der Waals surface area contributed by atoms with Gasteiger partial charge in [-0.25, -0.2) is 5.90 Å². The smallest absolute Gasteiger partial charge is 0.0811 e. The average molecular weight is 220 g/mol. The van der Waals surface area contributed by atoms with Crippen LogP contribution in [-0.2, 0) is 4.84 Å². The number of nitrogens with two attached hydrogens (primary N) is 1. The Balaban J connectivity index is 1.94. The van der Waals surface area contributed by atoms with Crippen molar-refractivity contribution in [2.75, 3.05) is 13.1 Å². The Hall–Kier alpha value is -0.900. The predicted octanol–water partition coefficient (Wildman–Crippen LogP) is 2.10. The molecule has 1 atom stereocenters. The molecule has 1 aliphatic rings. The van der Waals surface area contributed by atoms with Crippen LogP contribution in [0.4, 0.5) is 0 Å². The summed E-state index contributed by atoms with van der Waals surface area (Å²) in [5.41, 5.74) is 1.38. The Kier molecular flexibility index (Phi) is 3.93. The molecule has 2 rings (SSSR count). The van der Waals surface area contributed by atoms with E-state index in [4.69, 9.17) is 10.7 Å². The summed E-state index contributed by atoms with van der Waals surface area (Å²) in [4.78, 5) is 7.39. The van der Waals surface area contributed by atoms with Gasteiger partial charge in [-0.05, 0) is 25.3 Å². The van der Waals surface area contributed by atoms with E-state index in [1.54, 1.807) is 0 Å². The molecule has 16 heavy (non-hydrogen) atoms. The molecule has 3 heteroatoms. The van der Waals surface area contributed by atoms with Crippen LogP contribution in [0.3, 0.4) is 0 Å². The van der Waals surface area contributed by atoms with Crippen molar-refractivity contribution in [3.8, 4) is 0 Å². The molecular formula is C13H20N2O. The lowest BCUT2D eigenvalue weighted by Crippen LogP contribution is -2.39. The molecule has 3 nitrogen and oxygen atoms in total. The zero-order valence-corrected chi connectivity index (χ0v) is 9.80. The summed E-state index contributed by atoms with van der Waals surface area (Å²) in [5, 5.41) is 0. The first-order valence-electron chi connectivity index (χ1n) is 5.96. The molecule has 1 saturated heterocycles. The van der Waals surface area contributed by atoms with E-state index in [2.05, 4.69) is 42.2 Å². The molecule has 1 aromatic carbocycles. The van der Waals surface area contributed by atoms with Gasteiger partial charge in [-0.15, -0.1) is 0 Å². The topological polar surface area (TPSA) is 38.5 Å². The summed E-state index contributed by atoms with van der Waals surface area (Å²) in [7, 11) is 0. The van der Waals surface area contributed by atoms with Crippen LogP contribution in [0.1, 0.15) is 31.4 Å². The molecule has 1 unspecified atom stereocenters. The SMILES string of the molecule is CC(c1ccccc1)N1CCC(ON)CC1. The molecule has 1 aromatic rings. The zero-order chi connectivity index (χ0) is 11.4. The Morgan fingerprint density at radius 1 is 1.25 bits per heavy atom. The Morgan fingerprint density at radius 3 is 2.44 bits per heavy atom. The van der Waals surface area contributed by atoms with Gasteiger partial charge in [0.05, 0.1) is 6.10 Å². The van der Waals surface area contributed by atoms with E-state index in [0.29, 0.717) is 6.04 Å². The second-order valence-corrected chi connectivity index (χ2v) is 4.46. The lowest BCUT2D eigenvalue weighted by Gasteiger charge is -2.35. The van der Waals surface area contributed by atoms with Crippen LogP contribution < -0.4 is 5.90 Å². The van der Waals surface area contributed by atoms with E-state index in [-0.39, 0.29) is 6.10 Å². The third-order valence-corrected chi connectivity index (χ3v) is 3.50. The molecule has 1 fully saturated rings. The van der Waals surface area contributed by atoms with Gasteiger partial charge < -0.3 is 4.84 Å². The van der Waals surface area contributed by atoms with E-state index in [9.17, 15) is 0 Å². The van der Waals surface area contributed by atoms with Crippen LogP contribution in [-0.4, -0.2) is 24.1 Å². The Morgan fingerprint density at radius 2 is 1.88 bits per heavy atom. The Bertz CT molecular complexity index is 307. The first kappa shape index (κ1) is 11.6. The third-order valence-electron chi connectivity index (χ3n) is 3.50. The van der Waals surface area contributed by atoms with Gasteiger partial charge in [0, 0.05) is 19.1 Å². The van der Waals surface area contributed by atoms with Crippen LogP contribution >= 0.6 is 0 Å². The average Bonchev–Trinajstić information content (AvgIpc) is 2.39. The van der Waals surface area contributed by atoms with E-state index >= 15 is 0 Å². The quantitative estimate of drug-likeness (QED) is 0.793. The lowest BCUT2D eigenvalue weighted by molar-refractivity contribution is -0.00155. The highest BCUT2D eigenvalue weighted by Crippen LogP contribution is 2.24. The van der Waals surface area contributed by atoms with Crippen LogP contribution in [0, 0.1) is 0 Å². The fraction of sp³-hybridized carbons (Fsp3) is 0.538. The highest BCUT2D eigenvalue weighted by atomic mass is 16.6. The van der Waals surface area contributed by atoms with Gasteiger partial charge in [-0.1, -0.05) is 30.3 Å². The number of rotatable bonds is 3. The highest BCUT2D eigenvalue weighted by molar-refractivity contribution is 5.18. The van der Waals surface area contributed by atoms with Crippen LogP contribution in [0.5, 0.6) is 0 Å². The van der Waals surface area contributed by atoms with Crippen molar-refractivity contribution in [3.05, 3.63) is 35.9 Å². The molecule has 0 radical (unpaired) electrons. The first-order chi connectivity index (χ1) is 7.81. The maximum atomic E-state index is 5.22. The van der Waals surface area contributed by atoms with Crippen LogP contribution in [0.15, 0.2) is 30.3 Å². The molecule has 0 bridgehead atoms. The van der Waals surface area contributed by atoms with Crippen LogP contribution in [0.2, 0.25) is 0 Å². The lowest BCUT2D eigenvalue weighted by atomic mass is 10.0. The molecule has 1 heterocycles. The standard InChI is InChI=1S/C13H20N2O/c1-11(12-5-3-2-4-6-12)15-9-7-13(16-14)8-10-15/h2-6,11,13H,7-10,14H2,1H3. The number of hydrogen-bond acceptors (Lipinski definition) is 3. The molecule has 1 aliphatic heterocycles. The van der Waals surface area contributed by atoms with Crippen molar-refractivity contribution >= 4 is 0 Å². The second kappa shape index (κ2) is 5.43. The van der Waals surface area contributed by atoms with Crippen LogP contribution in [0.25, 0.3) is 0 Å². The van der Waals surface area contributed by atoms with E-state index in [1.807, 2.05) is 0 Å². The van der Waals surface area contributed by atoms with E-state index in [0.717, 1.165) is 25.9 Å². The summed E-state index contributed by atoms with van der Waals surface area (Å²) in [6, 6.07) is 11.1. The largest absolute Gasteiger partial charge is 0.301 e. The maximum absolute atomic E-state index is 5.22. The van der Waals surface area contributed by atoms with Crippen molar-refractivity contribution < 1.29 is 4.84 Å². The van der Waals surface area contributed by atoms with Crippen molar-refractivity contribution in [1.29, 1.82) is 0 Å². The van der Waals surface area contributed by atoms with Gasteiger partial charge in [0.15, 0.2) is 0 Å². The number of likely N-dealkylation sites (tertiary alicyclic amines) is 1. The molecule has 0 aliphatic carbocycles. The summed E-state index contributed by atoms with van der Waals surface area (Å²) in [6.45, 7) is 4.40.